The number of benzene rings is 1. The molecule has 9 heteroatoms. The van der Waals surface area contributed by atoms with E-state index in [-0.39, 0.29) is 17.3 Å². The molecule has 0 aliphatic carbocycles. The SMILES string of the molecule is O=C(NCC1CCCN1)c1cn(-c2cccc([N+](=O)[O-])c2)nn1. The van der Waals surface area contributed by atoms with Gasteiger partial charge in [-0.25, -0.2) is 4.68 Å². The summed E-state index contributed by atoms with van der Waals surface area (Å²) in [6.07, 6.45) is 3.61. The minimum Gasteiger partial charge on any atom is -0.349 e. The first-order chi connectivity index (χ1) is 11.1. The third-order valence-electron chi connectivity index (χ3n) is 3.70. The fourth-order valence-corrected chi connectivity index (χ4v) is 2.48. The van der Waals surface area contributed by atoms with E-state index in [1.165, 1.54) is 23.0 Å². The molecular formula is C14H16N6O3. The first-order valence-electron chi connectivity index (χ1n) is 7.32. The van der Waals surface area contributed by atoms with Crippen molar-refractivity contribution in [3.05, 3.63) is 46.3 Å². The van der Waals surface area contributed by atoms with E-state index < -0.39 is 4.92 Å². The Morgan fingerprint density at radius 1 is 1.52 bits per heavy atom. The highest BCUT2D eigenvalue weighted by molar-refractivity contribution is 5.91. The highest BCUT2D eigenvalue weighted by Crippen LogP contribution is 2.16. The van der Waals surface area contributed by atoms with Crippen LogP contribution in [-0.2, 0) is 0 Å². The lowest BCUT2D eigenvalue weighted by Crippen LogP contribution is -2.37. The van der Waals surface area contributed by atoms with Gasteiger partial charge in [-0.15, -0.1) is 5.10 Å². The normalized spacial score (nSPS) is 17.1. The molecule has 0 spiro atoms. The number of carbonyl (C=O) groups is 1. The zero-order valence-corrected chi connectivity index (χ0v) is 12.3. The minimum absolute atomic E-state index is 0.0451. The molecule has 0 bridgehead atoms. The molecule has 1 fully saturated rings. The smallest absolute Gasteiger partial charge is 0.273 e. The first kappa shape index (κ1) is 15.1. The second kappa shape index (κ2) is 6.53. The van der Waals surface area contributed by atoms with Gasteiger partial charge in [0, 0.05) is 24.7 Å². The molecule has 1 aliphatic rings. The lowest BCUT2D eigenvalue weighted by Gasteiger charge is -2.09. The Bertz CT molecular complexity index is 723. The maximum atomic E-state index is 12.1. The van der Waals surface area contributed by atoms with Gasteiger partial charge in [-0.05, 0) is 25.5 Å². The van der Waals surface area contributed by atoms with E-state index in [1.54, 1.807) is 12.1 Å². The van der Waals surface area contributed by atoms with Gasteiger partial charge in [0.25, 0.3) is 11.6 Å². The fourth-order valence-electron chi connectivity index (χ4n) is 2.48. The summed E-state index contributed by atoms with van der Waals surface area (Å²) in [5.74, 6) is -0.310. The molecule has 120 valence electrons. The highest BCUT2D eigenvalue weighted by Gasteiger charge is 2.17. The summed E-state index contributed by atoms with van der Waals surface area (Å²) in [6, 6.07) is 6.28. The number of hydrogen-bond donors (Lipinski definition) is 2. The van der Waals surface area contributed by atoms with Crippen LogP contribution in [0.5, 0.6) is 0 Å². The molecule has 3 rings (SSSR count). The topological polar surface area (TPSA) is 115 Å². The number of carbonyl (C=O) groups excluding carboxylic acids is 1. The summed E-state index contributed by atoms with van der Waals surface area (Å²) in [7, 11) is 0. The van der Waals surface area contributed by atoms with Crippen LogP contribution >= 0.6 is 0 Å². The van der Waals surface area contributed by atoms with Gasteiger partial charge in [0.15, 0.2) is 5.69 Å². The van der Waals surface area contributed by atoms with Gasteiger partial charge in [0.05, 0.1) is 16.8 Å². The molecule has 1 amide bonds. The summed E-state index contributed by atoms with van der Waals surface area (Å²) in [5.41, 5.74) is 0.606. The Balaban J connectivity index is 1.68. The van der Waals surface area contributed by atoms with Crippen LogP contribution in [0.25, 0.3) is 5.69 Å². The van der Waals surface area contributed by atoms with Crippen LogP contribution in [0.15, 0.2) is 30.5 Å². The van der Waals surface area contributed by atoms with E-state index in [9.17, 15) is 14.9 Å². The predicted molar refractivity (Wildman–Crippen MR) is 81.4 cm³/mol. The monoisotopic (exact) mass is 316 g/mol. The van der Waals surface area contributed by atoms with E-state index in [1.807, 2.05) is 0 Å². The van der Waals surface area contributed by atoms with Crippen molar-refractivity contribution in [2.45, 2.75) is 18.9 Å². The minimum atomic E-state index is -0.483. The van der Waals surface area contributed by atoms with E-state index >= 15 is 0 Å². The number of aromatic nitrogens is 3. The molecule has 0 radical (unpaired) electrons. The van der Waals surface area contributed by atoms with Gasteiger partial charge in [0.2, 0.25) is 0 Å². The summed E-state index contributed by atoms with van der Waals surface area (Å²) in [5, 5.41) is 24.6. The van der Waals surface area contributed by atoms with Crippen LogP contribution in [0.4, 0.5) is 5.69 Å². The average Bonchev–Trinajstić information content (AvgIpc) is 3.24. The van der Waals surface area contributed by atoms with Gasteiger partial charge in [-0.2, -0.15) is 0 Å². The number of nitro groups is 1. The Morgan fingerprint density at radius 2 is 2.39 bits per heavy atom. The zero-order chi connectivity index (χ0) is 16.2. The third-order valence-corrected chi connectivity index (χ3v) is 3.70. The van der Waals surface area contributed by atoms with Crippen LogP contribution in [0.1, 0.15) is 23.3 Å². The molecular weight excluding hydrogens is 300 g/mol. The summed E-state index contributed by atoms with van der Waals surface area (Å²) < 4.78 is 1.34. The average molecular weight is 316 g/mol. The maximum Gasteiger partial charge on any atom is 0.273 e. The van der Waals surface area contributed by atoms with Crippen LogP contribution in [0.2, 0.25) is 0 Å². The Labute approximate surface area is 131 Å². The van der Waals surface area contributed by atoms with Crippen molar-refractivity contribution in [1.29, 1.82) is 0 Å². The lowest BCUT2D eigenvalue weighted by molar-refractivity contribution is -0.384. The van der Waals surface area contributed by atoms with Crippen molar-refractivity contribution in [3.8, 4) is 5.69 Å². The van der Waals surface area contributed by atoms with E-state index in [0.717, 1.165) is 19.4 Å². The Morgan fingerprint density at radius 3 is 3.13 bits per heavy atom. The molecule has 1 aromatic carbocycles. The molecule has 1 atom stereocenters. The predicted octanol–water partition coefficient (Wildman–Crippen LogP) is 0.657. The van der Waals surface area contributed by atoms with Crippen molar-refractivity contribution in [3.63, 3.8) is 0 Å². The lowest BCUT2D eigenvalue weighted by atomic mass is 10.2. The van der Waals surface area contributed by atoms with Crippen molar-refractivity contribution in [1.82, 2.24) is 25.6 Å². The second-order valence-corrected chi connectivity index (χ2v) is 5.33. The molecule has 1 aliphatic heterocycles. The summed E-state index contributed by atoms with van der Waals surface area (Å²) in [6.45, 7) is 1.52. The van der Waals surface area contributed by atoms with Crippen molar-refractivity contribution in [2.24, 2.45) is 0 Å². The summed E-state index contributed by atoms with van der Waals surface area (Å²) in [4.78, 5) is 22.4. The number of nitro benzene ring substituents is 1. The molecule has 1 unspecified atom stereocenters. The number of hydrogen-bond acceptors (Lipinski definition) is 6. The van der Waals surface area contributed by atoms with Crippen LogP contribution in [0, 0.1) is 10.1 Å². The van der Waals surface area contributed by atoms with Gasteiger partial charge < -0.3 is 10.6 Å². The number of amides is 1. The van der Waals surface area contributed by atoms with Gasteiger partial charge in [-0.3, -0.25) is 14.9 Å². The molecule has 23 heavy (non-hydrogen) atoms. The molecule has 1 aromatic heterocycles. The quantitative estimate of drug-likeness (QED) is 0.618. The van der Waals surface area contributed by atoms with Crippen LogP contribution < -0.4 is 10.6 Å². The van der Waals surface area contributed by atoms with Crippen LogP contribution in [-0.4, -0.2) is 45.0 Å². The molecule has 0 saturated carbocycles. The maximum absolute atomic E-state index is 12.1. The second-order valence-electron chi connectivity index (χ2n) is 5.33. The number of non-ortho nitro benzene ring substituents is 1. The highest BCUT2D eigenvalue weighted by atomic mass is 16.6. The number of nitrogens with zero attached hydrogens (tertiary/aromatic N) is 4. The van der Waals surface area contributed by atoms with Gasteiger partial charge >= 0.3 is 0 Å². The van der Waals surface area contributed by atoms with Crippen molar-refractivity contribution >= 4 is 11.6 Å². The number of nitrogens with one attached hydrogen (secondary N) is 2. The Kier molecular flexibility index (Phi) is 4.29. The Hall–Kier alpha value is -2.81. The number of rotatable bonds is 5. The van der Waals surface area contributed by atoms with E-state index in [0.29, 0.717) is 18.3 Å². The molecule has 2 N–H and O–H groups in total. The largest absolute Gasteiger partial charge is 0.349 e. The zero-order valence-electron chi connectivity index (χ0n) is 12.3. The van der Waals surface area contributed by atoms with Crippen molar-refractivity contribution < 1.29 is 9.72 Å². The van der Waals surface area contributed by atoms with Gasteiger partial charge in [0.1, 0.15) is 0 Å². The van der Waals surface area contributed by atoms with Crippen molar-refractivity contribution in [2.75, 3.05) is 13.1 Å². The summed E-state index contributed by atoms with van der Waals surface area (Å²) >= 11 is 0. The third kappa shape index (κ3) is 3.51. The first-order valence-corrected chi connectivity index (χ1v) is 7.32. The standard InChI is InChI=1S/C14H16N6O3/c21-14(16-8-10-3-2-6-15-10)13-9-19(18-17-13)11-4-1-5-12(7-11)20(22)23/h1,4-5,7,9-10,15H,2-3,6,8H2,(H,16,21). The molecule has 9 nitrogen and oxygen atoms in total. The fraction of sp³-hybridized carbons (Fsp3) is 0.357. The van der Waals surface area contributed by atoms with E-state index in [4.69, 9.17) is 0 Å². The molecule has 1 saturated heterocycles. The molecule has 2 aromatic rings. The van der Waals surface area contributed by atoms with E-state index in [2.05, 4.69) is 20.9 Å². The molecule has 2 heterocycles. The van der Waals surface area contributed by atoms with Gasteiger partial charge in [-0.1, -0.05) is 11.3 Å². The van der Waals surface area contributed by atoms with Crippen LogP contribution in [0.3, 0.4) is 0 Å².